The summed E-state index contributed by atoms with van der Waals surface area (Å²) in [6.45, 7) is 4.11. The number of anilines is 1. The van der Waals surface area contributed by atoms with E-state index in [9.17, 15) is 0 Å². The molecule has 100 valence electrons. The Labute approximate surface area is 113 Å². The molecule has 0 bridgehead atoms. The van der Waals surface area contributed by atoms with E-state index in [1.54, 1.807) is 0 Å². The van der Waals surface area contributed by atoms with Gasteiger partial charge in [0.1, 0.15) is 5.82 Å². The molecule has 0 radical (unpaired) electrons. The molecule has 0 unspecified atom stereocenters. The second-order valence-electron chi connectivity index (χ2n) is 5.42. The van der Waals surface area contributed by atoms with E-state index in [4.69, 9.17) is 5.73 Å². The number of nitrogens with two attached hydrogens (primary N) is 1. The molecule has 0 aliphatic heterocycles. The van der Waals surface area contributed by atoms with Gasteiger partial charge in [-0.2, -0.15) is 0 Å². The van der Waals surface area contributed by atoms with Crippen molar-refractivity contribution < 1.29 is 0 Å². The second kappa shape index (κ2) is 4.68. The number of hydrogen-bond acceptors (Lipinski definition) is 3. The molecule has 19 heavy (non-hydrogen) atoms. The number of aryl methyl sites for hydroxylation is 2. The van der Waals surface area contributed by atoms with Gasteiger partial charge in [-0.3, -0.25) is 0 Å². The highest BCUT2D eigenvalue weighted by Gasteiger charge is 2.24. The Bertz CT molecular complexity index is 574. The van der Waals surface area contributed by atoms with E-state index in [2.05, 4.69) is 27.8 Å². The lowest BCUT2D eigenvalue weighted by molar-refractivity contribution is 0.510. The van der Waals surface area contributed by atoms with E-state index in [0.717, 1.165) is 28.5 Å². The lowest BCUT2D eigenvalue weighted by Crippen LogP contribution is -2.10. The average Bonchev–Trinajstić information content (AvgIpc) is 2.99. The van der Waals surface area contributed by atoms with Crippen LogP contribution in [0.4, 0.5) is 5.69 Å². The minimum atomic E-state index is 0.531. The summed E-state index contributed by atoms with van der Waals surface area (Å²) in [5.41, 5.74) is 9.13. The first-order chi connectivity index (χ1) is 9.18. The number of nitrogen functional groups attached to an aromatic ring is 1. The van der Waals surface area contributed by atoms with Crippen LogP contribution in [0, 0.1) is 13.8 Å². The van der Waals surface area contributed by atoms with Crippen molar-refractivity contribution >= 4 is 5.69 Å². The fourth-order valence-electron chi connectivity index (χ4n) is 3.14. The van der Waals surface area contributed by atoms with Crippen molar-refractivity contribution in [2.45, 2.75) is 45.6 Å². The predicted molar refractivity (Wildman–Crippen MR) is 76.8 cm³/mol. The summed E-state index contributed by atoms with van der Waals surface area (Å²) < 4.78 is 2.28. The molecule has 1 heterocycles. The maximum absolute atomic E-state index is 6.15. The molecule has 2 N–H and O–H groups in total. The minimum absolute atomic E-state index is 0.531. The Morgan fingerprint density at radius 3 is 2.58 bits per heavy atom. The molecule has 4 heteroatoms. The van der Waals surface area contributed by atoms with Crippen LogP contribution in [0.5, 0.6) is 0 Å². The van der Waals surface area contributed by atoms with Gasteiger partial charge < -0.3 is 10.3 Å². The normalized spacial score (nSPS) is 16.1. The maximum atomic E-state index is 6.15. The van der Waals surface area contributed by atoms with Gasteiger partial charge in [0.15, 0.2) is 5.82 Å². The van der Waals surface area contributed by atoms with E-state index in [1.807, 2.05) is 19.1 Å². The van der Waals surface area contributed by atoms with Crippen LogP contribution in [-0.4, -0.2) is 14.8 Å². The summed E-state index contributed by atoms with van der Waals surface area (Å²) in [5, 5.41) is 8.66. The molecule has 1 aliphatic carbocycles. The van der Waals surface area contributed by atoms with Crippen LogP contribution < -0.4 is 5.73 Å². The van der Waals surface area contributed by atoms with E-state index in [-0.39, 0.29) is 0 Å². The summed E-state index contributed by atoms with van der Waals surface area (Å²) in [7, 11) is 0. The Morgan fingerprint density at radius 2 is 1.89 bits per heavy atom. The second-order valence-corrected chi connectivity index (χ2v) is 5.42. The third kappa shape index (κ3) is 2.01. The van der Waals surface area contributed by atoms with Crippen molar-refractivity contribution in [3.05, 3.63) is 29.6 Å². The third-order valence-electron chi connectivity index (χ3n) is 4.08. The molecular weight excluding hydrogens is 236 g/mol. The van der Waals surface area contributed by atoms with Gasteiger partial charge in [0.25, 0.3) is 0 Å². The van der Waals surface area contributed by atoms with Gasteiger partial charge in [-0.1, -0.05) is 25.0 Å². The number of aromatic nitrogens is 3. The molecule has 3 rings (SSSR count). The Morgan fingerprint density at radius 1 is 1.16 bits per heavy atom. The fourth-order valence-corrected chi connectivity index (χ4v) is 3.14. The quantitative estimate of drug-likeness (QED) is 0.839. The largest absolute Gasteiger partial charge is 0.398 e. The van der Waals surface area contributed by atoms with Crippen LogP contribution in [0.15, 0.2) is 18.2 Å². The highest BCUT2D eigenvalue weighted by Crippen LogP contribution is 2.36. The lowest BCUT2D eigenvalue weighted by Gasteiger charge is -2.17. The van der Waals surface area contributed by atoms with E-state index in [1.165, 1.54) is 25.7 Å². The molecule has 1 aromatic heterocycles. The van der Waals surface area contributed by atoms with E-state index in [0.29, 0.717) is 6.04 Å². The van der Waals surface area contributed by atoms with Gasteiger partial charge in [-0.15, -0.1) is 10.2 Å². The van der Waals surface area contributed by atoms with Crippen LogP contribution >= 0.6 is 0 Å². The van der Waals surface area contributed by atoms with Crippen molar-refractivity contribution in [3.8, 4) is 11.4 Å². The average molecular weight is 256 g/mol. The molecule has 0 spiro atoms. The van der Waals surface area contributed by atoms with E-state index < -0.39 is 0 Å². The lowest BCUT2D eigenvalue weighted by atomic mass is 10.1. The molecule has 2 aromatic rings. The molecule has 1 saturated carbocycles. The number of benzene rings is 1. The van der Waals surface area contributed by atoms with Crippen LogP contribution in [0.3, 0.4) is 0 Å². The highest BCUT2D eigenvalue weighted by molar-refractivity contribution is 5.75. The van der Waals surface area contributed by atoms with E-state index >= 15 is 0 Å². The zero-order chi connectivity index (χ0) is 13.4. The molecule has 4 nitrogen and oxygen atoms in total. The van der Waals surface area contributed by atoms with Crippen molar-refractivity contribution in [3.63, 3.8) is 0 Å². The zero-order valence-electron chi connectivity index (χ0n) is 11.6. The molecule has 1 aliphatic rings. The first-order valence-electron chi connectivity index (χ1n) is 6.95. The van der Waals surface area contributed by atoms with Gasteiger partial charge in [0.2, 0.25) is 0 Å². The molecule has 1 aromatic carbocycles. The standard InChI is InChI=1S/C15H20N4/c1-10-6-5-9-13(16)14(10)15-18-17-11(2)19(15)12-7-3-4-8-12/h5-6,9,12H,3-4,7-8,16H2,1-2H3. The molecule has 0 atom stereocenters. The van der Waals surface area contributed by atoms with Crippen LogP contribution in [0.2, 0.25) is 0 Å². The monoisotopic (exact) mass is 256 g/mol. The molecule has 0 amide bonds. The minimum Gasteiger partial charge on any atom is -0.398 e. The SMILES string of the molecule is Cc1cccc(N)c1-c1nnc(C)n1C1CCCC1. The first kappa shape index (κ1) is 12.2. The predicted octanol–water partition coefficient (Wildman–Crippen LogP) is 3.26. The van der Waals surface area contributed by atoms with Gasteiger partial charge >= 0.3 is 0 Å². The zero-order valence-corrected chi connectivity index (χ0v) is 11.6. The van der Waals surface area contributed by atoms with Crippen molar-refractivity contribution in [1.82, 2.24) is 14.8 Å². The summed E-state index contributed by atoms with van der Waals surface area (Å²) in [5.74, 6) is 1.92. The Balaban J connectivity index is 2.15. The number of hydrogen-bond donors (Lipinski definition) is 1. The third-order valence-corrected chi connectivity index (χ3v) is 4.08. The molecule has 0 saturated heterocycles. The Kier molecular flexibility index (Phi) is 3.01. The van der Waals surface area contributed by atoms with Crippen LogP contribution in [0.1, 0.15) is 43.1 Å². The van der Waals surface area contributed by atoms with Gasteiger partial charge in [-0.05, 0) is 38.3 Å². The van der Waals surface area contributed by atoms with Gasteiger partial charge in [0, 0.05) is 17.3 Å². The van der Waals surface area contributed by atoms with Crippen molar-refractivity contribution in [2.75, 3.05) is 5.73 Å². The van der Waals surface area contributed by atoms with Crippen LogP contribution in [0.25, 0.3) is 11.4 Å². The summed E-state index contributed by atoms with van der Waals surface area (Å²) in [6, 6.07) is 6.53. The smallest absolute Gasteiger partial charge is 0.166 e. The van der Waals surface area contributed by atoms with Crippen molar-refractivity contribution in [2.24, 2.45) is 0 Å². The highest BCUT2D eigenvalue weighted by atomic mass is 15.3. The number of rotatable bonds is 2. The summed E-state index contributed by atoms with van der Waals surface area (Å²) in [6.07, 6.45) is 5.03. The summed E-state index contributed by atoms with van der Waals surface area (Å²) >= 11 is 0. The van der Waals surface area contributed by atoms with Crippen molar-refractivity contribution in [1.29, 1.82) is 0 Å². The van der Waals surface area contributed by atoms with Gasteiger partial charge in [-0.25, -0.2) is 0 Å². The Hall–Kier alpha value is -1.84. The fraction of sp³-hybridized carbons (Fsp3) is 0.467. The summed E-state index contributed by atoms with van der Waals surface area (Å²) in [4.78, 5) is 0. The topological polar surface area (TPSA) is 56.7 Å². The number of nitrogens with zero attached hydrogens (tertiary/aromatic N) is 3. The first-order valence-corrected chi connectivity index (χ1v) is 6.95. The maximum Gasteiger partial charge on any atom is 0.166 e. The molecule has 1 fully saturated rings. The van der Waals surface area contributed by atoms with Crippen LogP contribution in [-0.2, 0) is 0 Å². The van der Waals surface area contributed by atoms with Gasteiger partial charge in [0.05, 0.1) is 0 Å². The molecular formula is C15H20N4.